The van der Waals surface area contributed by atoms with E-state index < -0.39 is 10.0 Å². The third-order valence-electron chi connectivity index (χ3n) is 7.31. The van der Waals surface area contributed by atoms with Gasteiger partial charge in [-0.25, -0.2) is 17.8 Å². The fourth-order valence-corrected chi connectivity index (χ4v) is 7.69. The zero-order valence-corrected chi connectivity index (χ0v) is 24.7. The van der Waals surface area contributed by atoms with Gasteiger partial charge in [-0.2, -0.15) is 0 Å². The van der Waals surface area contributed by atoms with E-state index in [4.69, 9.17) is 4.74 Å². The predicted octanol–water partition coefficient (Wildman–Crippen LogP) is 4.98. The molecule has 3 heterocycles. The molecule has 1 saturated heterocycles. The standard InChI is InChI=1S/C29H29FN4O4S2.ClH/c30-23-8-11-25-27(20-23)39-29(31-25)33(14-3-13-32-16-18-38-19-17-32)28(35)22-6-9-24(10-7-22)40(36,37)34-15-12-21-4-1-2-5-26(21)34;/h1-2,4-11,20H,3,12-19H2;1H. The maximum absolute atomic E-state index is 13.8. The first-order chi connectivity index (χ1) is 19.4. The summed E-state index contributed by atoms with van der Waals surface area (Å²) in [5.74, 6) is -0.637. The minimum absolute atomic E-state index is 0. The van der Waals surface area contributed by atoms with Crippen LogP contribution >= 0.6 is 23.7 Å². The van der Waals surface area contributed by atoms with Crippen LogP contribution in [0.25, 0.3) is 10.2 Å². The van der Waals surface area contributed by atoms with Crippen molar-refractivity contribution in [2.45, 2.75) is 17.7 Å². The lowest BCUT2D eigenvalue weighted by Crippen LogP contribution is -2.39. The van der Waals surface area contributed by atoms with Crippen LogP contribution in [0.15, 0.2) is 71.6 Å². The van der Waals surface area contributed by atoms with Gasteiger partial charge < -0.3 is 4.74 Å². The van der Waals surface area contributed by atoms with Crippen LogP contribution in [0.5, 0.6) is 0 Å². The van der Waals surface area contributed by atoms with Crippen molar-refractivity contribution in [3.05, 3.63) is 83.7 Å². The van der Waals surface area contributed by atoms with E-state index in [1.165, 1.54) is 39.9 Å². The first kappa shape index (κ1) is 29.4. The zero-order chi connectivity index (χ0) is 27.7. The highest BCUT2D eigenvalue weighted by molar-refractivity contribution is 7.92. The first-order valence-electron chi connectivity index (χ1n) is 13.3. The van der Waals surface area contributed by atoms with Gasteiger partial charge >= 0.3 is 0 Å². The molecule has 6 rings (SSSR count). The Balaban J connectivity index is 0.00000337. The number of para-hydroxylation sites is 1. The Hall–Kier alpha value is -3.09. The van der Waals surface area contributed by atoms with Gasteiger partial charge in [0.25, 0.3) is 15.9 Å². The van der Waals surface area contributed by atoms with Crippen molar-refractivity contribution in [1.29, 1.82) is 0 Å². The summed E-state index contributed by atoms with van der Waals surface area (Å²) in [6.07, 6.45) is 1.38. The Labute approximate surface area is 248 Å². The van der Waals surface area contributed by atoms with E-state index in [-0.39, 0.29) is 29.0 Å². The Morgan fingerprint density at radius 1 is 1.02 bits per heavy atom. The number of fused-ring (bicyclic) bond motifs is 2. The van der Waals surface area contributed by atoms with E-state index in [9.17, 15) is 17.6 Å². The van der Waals surface area contributed by atoms with Crippen molar-refractivity contribution >= 4 is 60.7 Å². The molecule has 0 atom stereocenters. The van der Waals surface area contributed by atoms with Crippen LogP contribution in [0, 0.1) is 5.82 Å². The van der Waals surface area contributed by atoms with Gasteiger partial charge in [0.1, 0.15) is 5.82 Å². The monoisotopic (exact) mass is 616 g/mol. The van der Waals surface area contributed by atoms with Crippen molar-refractivity contribution in [3.63, 3.8) is 0 Å². The van der Waals surface area contributed by atoms with Crippen LogP contribution in [-0.2, 0) is 21.2 Å². The number of ether oxygens (including phenoxy) is 1. The molecule has 0 aliphatic carbocycles. The van der Waals surface area contributed by atoms with Gasteiger partial charge in [-0.15, -0.1) is 12.4 Å². The normalized spacial score (nSPS) is 15.5. The number of sulfonamides is 1. The molecule has 1 aromatic heterocycles. The van der Waals surface area contributed by atoms with E-state index in [1.807, 2.05) is 24.3 Å². The van der Waals surface area contributed by atoms with E-state index in [0.717, 1.165) is 31.6 Å². The molecule has 2 aliphatic heterocycles. The lowest BCUT2D eigenvalue weighted by Gasteiger charge is -2.27. The molecule has 0 saturated carbocycles. The molecule has 0 spiro atoms. The lowest BCUT2D eigenvalue weighted by molar-refractivity contribution is 0.0376. The maximum atomic E-state index is 13.8. The second-order valence-electron chi connectivity index (χ2n) is 9.85. The number of hydrogen-bond acceptors (Lipinski definition) is 7. The highest BCUT2D eigenvalue weighted by Crippen LogP contribution is 2.33. The highest BCUT2D eigenvalue weighted by atomic mass is 35.5. The zero-order valence-electron chi connectivity index (χ0n) is 22.2. The topological polar surface area (TPSA) is 83.1 Å². The van der Waals surface area contributed by atoms with Crippen LogP contribution in [-0.4, -0.2) is 70.1 Å². The van der Waals surface area contributed by atoms with Crippen molar-refractivity contribution < 1.29 is 22.3 Å². The number of thiazole rings is 1. The minimum Gasteiger partial charge on any atom is -0.379 e. The summed E-state index contributed by atoms with van der Waals surface area (Å²) in [6.45, 7) is 4.72. The Morgan fingerprint density at radius 2 is 1.78 bits per heavy atom. The number of benzene rings is 3. The second kappa shape index (κ2) is 12.4. The molecule has 0 radical (unpaired) electrons. The molecular formula is C29H30ClFN4O4S2. The van der Waals surface area contributed by atoms with E-state index in [1.54, 1.807) is 23.1 Å². The number of rotatable bonds is 8. The van der Waals surface area contributed by atoms with Gasteiger partial charge in [0.2, 0.25) is 0 Å². The smallest absolute Gasteiger partial charge is 0.264 e. The number of amides is 1. The largest absolute Gasteiger partial charge is 0.379 e. The Kier molecular flexibility index (Phi) is 8.91. The molecule has 1 fully saturated rings. The minimum atomic E-state index is -3.77. The molecular weight excluding hydrogens is 587 g/mol. The number of morpholine rings is 1. The average molecular weight is 617 g/mol. The van der Waals surface area contributed by atoms with Gasteiger partial charge in [0.05, 0.1) is 34.0 Å². The maximum Gasteiger partial charge on any atom is 0.264 e. The summed E-state index contributed by atoms with van der Waals surface area (Å²) in [5.41, 5.74) is 2.68. The molecule has 1 amide bonds. The highest BCUT2D eigenvalue weighted by Gasteiger charge is 2.31. The summed E-state index contributed by atoms with van der Waals surface area (Å²) in [5, 5.41) is 0.484. The first-order valence-corrected chi connectivity index (χ1v) is 15.5. The third-order valence-corrected chi connectivity index (χ3v) is 10.2. The van der Waals surface area contributed by atoms with E-state index >= 15 is 0 Å². The molecule has 3 aromatic carbocycles. The van der Waals surface area contributed by atoms with Gasteiger partial charge in [-0.1, -0.05) is 29.5 Å². The van der Waals surface area contributed by atoms with Gasteiger partial charge in [0.15, 0.2) is 5.13 Å². The number of carbonyl (C=O) groups is 1. The Morgan fingerprint density at radius 3 is 2.56 bits per heavy atom. The average Bonchev–Trinajstić information content (AvgIpc) is 3.60. The summed E-state index contributed by atoms with van der Waals surface area (Å²) in [6, 6.07) is 18.0. The third kappa shape index (κ3) is 6.09. The summed E-state index contributed by atoms with van der Waals surface area (Å²) in [4.78, 5) is 22.4. The van der Waals surface area contributed by atoms with Crippen molar-refractivity contribution in [1.82, 2.24) is 9.88 Å². The van der Waals surface area contributed by atoms with Crippen molar-refractivity contribution in [3.8, 4) is 0 Å². The van der Waals surface area contributed by atoms with Gasteiger partial charge in [-0.05, 0) is 66.9 Å². The SMILES string of the molecule is Cl.O=C(c1ccc(S(=O)(=O)N2CCc3ccccc32)cc1)N(CCCN1CCOCC1)c1nc2ccc(F)cc2s1. The summed E-state index contributed by atoms with van der Waals surface area (Å²) < 4.78 is 48.2. The molecule has 0 bridgehead atoms. The molecule has 0 N–H and O–H groups in total. The molecule has 2 aliphatic rings. The molecule has 216 valence electrons. The predicted molar refractivity (Wildman–Crippen MR) is 161 cm³/mol. The van der Waals surface area contributed by atoms with Gasteiger partial charge in [0, 0.05) is 38.3 Å². The van der Waals surface area contributed by atoms with Crippen LogP contribution in [0.1, 0.15) is 22.3 Å². The van der Waals surface area contributed by atoms with Crippen molar-refractivity contribution in [2.24, 2.45) is 0 Å². The van der Waals surface area contributed by atoms with Crippen LogP contribution < -0.4 is 9.21 Å². The molecule has 4 aromatic rings. The summed E-state index contributed by atoms with van der Waals surface area (Å²) >= 11 is 1.26. The summed E-state index contributed by atoms with van der Waals surface area (Å²) in [7, 11) is -3.77. The van der Waals surface area contributed by atoms with E-state index in [0.29, 0.717) is 59.3 Å². The fourth-order valence-electron chi connectivity index (χ4n) is 5.17. The number of carbonyl (C=O) groups excluding carboxylic acids is 1. The fraction of sp³-hybridized carbons (Fsp3) is 0.310. The van der Waals surface area contributed by atoms with Crippen LogP contribution in [0.2, 0.25) is 0 Å². The number of halogens is 2. The molecule has 8 nitrogen and oxygen atoms in total. The van der Waals surface area contributed by atoms with E-state index in [2.05, 4.69) is 9.88 Å². The van der Waals surface area contributed by atoms with Gasteiger partial charge in [-0.3, -0.25) is 18.9 Å². The lowest BCUT2D eigenvalue weighted by atomic mass is 10.2. The number of aromatic nitrogens is 1. The number of anilines is 2. The molecule has 0 unspecified atom stereocenters. The second-order valence-corrected chi connectivity index (χ2v) is 12.7. The Bertz CT molecular complexity index is 1640. The van der Waals surface area contributed by atoms with Crippen LogP contribution in [0.3, 0.4) is 0 Å². The molecule has 41 heavy (non-hydrogen) atoms. The van der Waals surface area contributed by atoms with Crippen molar-refractivity contribution in [2.75, 3.05) is 55.1 Å². The quantitative estimate of drug-likeness (QED) is 0.278. The molecule has 12 heteroatoms. The number of hydrogen-bond donors (Lipinski definition) is 0. The van der Waals surface area contributed by atoms with Crippen LogP contribution in [0.4, 0.5) is 15.2 Å². The number of nitrogens with zero attached hydrogens (tertiary/aromatic N) is 4.